The number of H-pyrrole nitrogens is 1. The molecule has 3 aromatic rings. The number of carbonyl (C=O) groups is 1. The number of aromatic amines is 1. The predicted molar refractivity (Wildman–Crippen MR) is 113 cm³/mol. The summed E-state index contributed by atoms with van der Waals surface area (Å²) in [5.74, 6) is -0.666. The Hall–Kier alpha value is -3.39. The van der Waals surface area contributed by atoms with Crippen LogP contribution in [0.3, 0.4) is 0 Å². The third-order valence-electron chi connectivity index (χ3n) is 5.52. The third-order valence-corrected chi connectivity index (χ3v) is 5.52. The number of nitrogens with zero attached hydrogens (tertiary/aromatic N) is 2. The average Bonchev–Trinajstić information content (AvgIpc) is 3.15. The van der Waals surface area contributed by atoms with Gasteiger partial charge in [-0.05, 0) is 49.2 Å². The second kappa shape index (κ2) is 8.32. The van der Waals surface area contributed by atoms with Crippen LogP contribution < -0.4 is 4.90 Å². The summed E-state index contributed by atoms with van der Waals surface area (Å²) >= 11 is 0. The van der Waals surface area contributed by atoms with Crippen molar-refractivity contribution < 1.29 is 9.18 Å². The predicted octanol–water partition coefficient (Wildman–Crippen LogP) is 5.58. The molecule has 1 fully saturated rings. The molecule has 0 atom stereocenters. The molecule has 0 bridgehead atoms. The zero-order chi connectivity index (χ0) is 20.2. The molecule has 0 spiro atoms. The first kappa shape index (κ1) is 18.9. The van der Waals surface area contributed by atoms with Crippen LogP contribution >= 0.6 is 0 Å². The maximum absolute atomic E-state index is 13.7. The molecule has 5 heteroatoms. The molecule has 1 aromatic heterocycles. The van der Waals surface area contributed by atoms with E-state index in [9.17, 15) is 14.4 Å². The second-order valence-corrected chi connectivity index (χ2v) is 7.41. The van der Waals surface area contributed by atoms with Crippen molar-refractivity contribution in [2.75, 3.05) is 4.90 Å². The highest BCUT2D eigenvalue weighted by atomic mass is 19.1. The number of hydrogen-bond donors (Lipinski definition) is 1. The van der Waals surface area contributed by atoms with Crippen LogP contribution in [0, 0.1) is 17.1 Å². The maximum Gasteiger partial charge on any atom is 0.269 e. The highest BCUT2D eigenvalue weighted by Crippen LogP contribution is 2.29. The Morgan fingerprint density at radius 2 is 1.90 bits per heavy atom. The van der Waals surface area contributed by atoms with Crippen LogP contribution in [0.2, 0.25) is 0 Å². The minimum absolute atomic E-state index is 0.0459. The molecular weight excluding hydrogens is 365 g/mol. The molecule has 146 valence electrons. The molecule has 29 heavy (non-hydrogen) atoms. The lowest BCUT2D eigenvalue weighted by molar-refractivity contribution is -0.115. The molecule has 4 rings (SSSR count). The van der Waals surface area contributed by atoms with Gasteiger partial charge < -0.3 is 9.88 Å². The molecule has 1 aliphatic carbocycles. The van der Waals surface area contributed by atoms with Gasteiger partial charge in [0.2, 0.25) is 0 Å². The Morgan fingerprint density at radius 3 is 2.62 bits per heavy atom. The number of anilines is 1. The number of para-hydroxylation sites is 1. The first-order chi connectivity index (χ1) is 14.2. The van der Waals surface area contributed by atoms with Gasteiger partial charge in [0, 0.05) is 34.4 Å². The molecule has 1 N–H and O–H groups in total. The van der Waals surface area contributed by atoms with Gasteiger partial charge in [-0.15, -0.1) is 0 Å². The maximum atomic E-state index is 13.7. The topological polar surface area (TPSA) is 59.9 Å². The van der Waals surface area contributed by atoms with Crippen LogP contribution in [0.25, 0.3) is 17.0 Å². The van der Waals surface area contributed by atoms with Crippen molar-refractivity contribution >= 4 is 28.6 Å². The van der Waals surface area contributed by atoms with Crippen LogP contribution in [0.15, 0.2) is 60.3 Å². The molecule has 0 radical (unpaired) electrons. The largest absolute Gasteiger partial charge is 0.361 e. The second-order valence-electron chi connectivity index (χ2n) is 7.41. The fraction of sp³-hybridized carbons (Fsp3) is 0.250. The van der Waals surface area contributed by atoms with E-state index in [2.05, 4.69) is 11.1 Å². The Bertz CT molecular complexity index is 1090. The normalized spacial score (nSPS) is 15.2. The van der Waals surface area contributed by atoms with Gasteiger partial charge in [-0.2, -0.15) is 5.26 Å². The number of halogens is 1. The van der Waals surface area contributed by atoms with Crippen LogP contribution in [-0.2, 0) is 4.79 Å². The van der Waals surface area contributed by atoms with Crippen molar-refractivity contribution in [1.82, 2.24) is 4.98 Å². The standard InChI is InChI=1S/C24H22FN3O/c25-19-11-12-23-22(14-19)18(16-27-23)13-17(15-26)24(29)28(20-7-3-1-4-8-20)21-9-5-2-6-10-21/h1,3-4,7-8,11-14,16,21,27H,2,5-6,9-10H2/b17-13+. The van der Waals surface area contributed by atoms with Crippen LogP contribution in [0.5, 0.6) is 0 Å². The van der Waals surface area contributed by atoms with Crippen molar-refractivity contribution in [1.29, 1.82) is 5.26 Å². The van der Waals surface area contributed by atoms with Gasteiger partial charge in [-0.3, -0.25) is 4.79 Å². The van der Waals surface area contributed by atoms with Crippen molar-refractivity contribution in [3.8, 4) is 6.07 Å². The molecule has 4 nitrogen and oxygen atoms in total. The number of hydrogen-bond acceptors (Lipinski definition) is 2. The minimum atomic E-state index is -0.357. The SMILES string of the molecule is N#C/C(=C\c1c[nH]c2ccc(F)cc12)C(=O)N(c1ccccc1)C1CCCCC1. The number of nitrogens with one attached hydrogen (secondary N) is 1. The summed E-state index contributed by atoms with van der Waals surface area (Å²) < 4.78 is 13.7. The number of aromatic nitrogens is 1. The van der Waals surface area contributed by atoms with Gasteiger partial charge in [0.15, 0.2) is 0 Å². The molecular formula is C24H22FN3O. The number of fused-ring (bicyclic) bond motifs is 1. The average molecular weight is 387 g/mol. The molecule has 0 aliphatic heterocycles. The summed E-state index contributed by atoms with van der Waals surface area (Å²) in [6, 6.07) is 16.1. The van der Waals surface area contributed by atoms with E-state index in [-0.39, 0.29) is 23.3 Å². The zero-order valence-corrected chi connectivity index (χ0v) is 16.1. The van der Waals surface area contributed by atoms with Gasteiger partial charge in [-0.1, -0.05) is 37.5 Å². The molecule has 1 amide bonds. The van der Waals surface area contributed by atoms with E-state index >= 15 is 0 Å². The summed E-state index contributed by atoms with van der Waals surface area (Å²) in [7, 11) is 0. The van der Waals surface area contributed by atoms with Crippen LogP contribution in [0.1, 0.15) is 37.7 Å². The van der Waals surface area contributed by atoms with E-state index in [1.54, 1.807) is 23.2 Å². The molecule has 1 heterocycles. The number of amides is 1. The summed E-state index contributed by atoms with van der Waals surface area (Å²) in [4.78, 5) is 18.3. The highest BCUT2D eigenvalue weighted by Gasteiger charge is 2.29. The zero-order valence-electron chi connectivity index (χ0n) is 16.1. The van der Waals surface area contributed by atoms with Gasteiger partial charge in [-0.25, -0.2) is 4.39 Å². The summed E-state index contributed by atoms with van der Waals surface area (Å²) in [6.07, 6.45) is 8.44. The van der Waals surface area contributed by atoms with Crippen molar-refractivity contribution in [3.63, 3.8) is 0 Å². The van der Waals surface area contributed by atoms with Crippen molar-refractivity contribution in [3.05, 3.63) is 71.7 Å². The summed E-state index contributed by atoms with van der Waals surface area (Å²) in [5, 5.41) is 10.4. The van der Waals surface area contributed by atoms with Gasteiger partial charge in [0.05, 0.1) is 0 Å². The van der Waals surface area contributed by atoms with Gasteiger partial charge in [0.1, 0.15) is 17.5 Å². The molecule has 1 aliphatic rings. The Morgan fingerprint density at radius 1 is 1.14 bits per heavy atom. The Balaban J connectivity index is 1.74. The van der Waals surface area contributed by atoms with Crippen molar-refractivity contribution in [2.45, 2.75) is 38.1 Å². The van der Waals surface area contributed by atoms with Crippen LogP contribution in [0.4, 0.5) is 10.1 Å². The number of nitriles is 1. The Labute approximate surface area is 169 Å². The lowest BCUT2D eigenvalue weighted by atomic mass is 9.93. The molecule has 1 saturated carbocycles. The van der Waals surface area contributed by atoms with E-state index in [0.717, 1.165) is 36.9 Å². The van der Waals surface area contributed by atoms with E-state index in [1.165, 1.54) is 18.6 Å². The fourth-order valence-corrected chi connectivity index (χ4v) is 4.08. The Kier molecular flexibility index (Phi) is 5.44. The van der Waals surface area contributed by atoms with Gasteiger partial charge >= 0.3 is 0 Å². The van der Waals surface area contributed by atoms with E-state index in [1.807, 2.05) is 30.3 Å². The van der Waals surface area contributed by atoms with E-state index in [4.69, 9.17) is 0 Å². The lowest BCUT2D eigenvalue weighted by Crippen LogP contribution is -2.42. The summed E-state index contributed by atoms with van der Waals surface area (Å²) in [6.45, 7) is 0. The smallest absolute Gasteiger partial charge is 0.269 e. The van der Waals surface area contributed by atoms with E-state index in [0.29, 0.717) is 10.9 Å². The lowest BCUT2D eigenvalue weighted by Gasteiger charge is -2.34. The van der Waals surface area contributed by atoms with E-state index < -0.39 is 0 Å². The third kappa shape index (κ3) is 3.93. The van der Waals surface area contributed by atoms with Crippen molar-refractivity contribution in [2.24, 2.45) is 0 Å². The number of rotatable bonds is 4. The highest BCUT2D eigenvalue weighted by molar-refractivity contribution is 6.12. The van der Waals surface area contributed by atoms with Gasteiger partial charge in [0.25, 0.3) is 5.91 Å². The quantitative estimate of drug-likeness (QED) is 0.469. The molecule has 2 aromatic carbocycles. The number of benzene rings is 2. The number of carbonyl (C=O) groups excluding carboxylic acids is 1. The van der Waals surface area contributed by atoms with Crippen LogP contribution in [-0.4, -0.2) is 16.9 Å². The summed E-state index contributed by atoms with van der Waals surface area (Å²) in [5.41, 5.74) is 2.23. The molecule has 0 saturated heterocycles. The first-order valence-corrected chi connectivity index (χ1v) is 9.94. The minimum Gasteiger partial charge on any atom is -0.361 e. The molecule has 0 unspecified atom stereocenters. The monoisotopic (exact) mass is 387 g/mol. The first-order valence-electron chi connectivity index (χ1n) is 9.94. The fourth-order valence-electron chi connectivity index (χ4n) is 4.08.